The molecule has 0 aliphatic rings. The molecule has 0 saturated carbocycles. The van der Waals surface area contributed by atoms with Crippen molar-refractivity contribution < 1.29 is 32.7 Å². The molecule has 0 N–H and O–H groups in total. The summed E-state index contributed by atoms with van der Waals surface area (Å²) >= 11 is 0. The second kappa shape index (κ2) is 36.5. The number of nitrogens with zero attached hydrogens (tertiary/aromatic N) is 1. The standard InChI is InChI=1S/C2H6N.CH4.CH3.Y/c1-3-2;;;/h1-2H3;1H4;1H3;/q-1;;-1;. The molecule has 0 aromatic carbocycles. The van der Waals surface area contributed by atoms with Gasteiger partial charge in [0.25, 0.3) is 0 Å². The van der Waals surface area contributed by atoms with E-state index in [9.17, 15) is 0 Å². The predicted molar refractivity (Wildman–Crippen MR) is 28.4 cm³/mol. The van der Waals surface area contributed by atoms with Crippen LogP contribution in [0.15, 0.2) is 0 Å². The molecule has 0 aromatic rings. The molecule has 0 aromatic heterocycles. The van der Waals surface area contributed by atoms with Crippen molar-refractivity contribution >= 4 is 0 Å². The van der Waals surface area contributed by atoms with Crippen LogP contribution < -0.4 is 0 Å². The Morgan fingerprint density at radius 1 is 1.17 bits per heavy atom. The summed E-state index contributed by atoms with van der Waals surface area (Å²) in [6, 6.07) is 0. The summed E-state index contributed by atoms with van der Waals surface area (Å²) in [4.78, 5) is 0. The molecular formula is C4H13NY-2. The Kier molecular flexibility index (Phi) is 168. The first-order valence-corrected chi connectivity index (χ1v) is 0.894. The minimum absolute atomic E-state index is 0. The van der Waals surface area contributed by atoms with Crippen molar-refractivity contribution in [2.75, 3.05) is 14.1 Å². The fraction of sp³-hybridized carbons (Fsp3) is 0.750. The van der Waals surface area contributed by atoms with E-state index in [4.69, 9.17) is 0 Å². The van der Waals surface area contributed by atoms with Crippen LogP contribution in [0, 0.1) is 7.43 Å². The molecule has 1 nitrogen and oxygen atoms in total. The molecule has 0 aliphatic carbocycles. The smallest absolute Gasteiger partial charge is 0 e. The largest absolute Gasteiger partial charge is 0.668 e. The summed E-state index contributed by atoms with van der Waals surface area (Å²) in [6.45, 7) is 0. The molecule has 39 valence electrons. The Bertz CT molecular complexity index is 7.51. The first-order valence-electron chi connectivity index (χ1n) is 0.894. The van der Waals surface area contributed by atoms with Crippen molar-refractivity contribution in [3.05, 3.63) is 12.7 Å². The van der Waals surface area contributed by atoms with E-state index in [-0.39, 0.29) is 47.6 Å². The van der Waals surface area contributed by atoms with Crippen LogP contribution in [0.25, 0.3) is 5.32 Å². The first-order chi connectivity index (χ1) is 1.41. The molecule has 0 saturated heterocycles. The van der Waals surface area contributed by atoms with Gasteiger partial charge in [-0.15, -0.1) is 0 Å². The molecule has 0 spiro atoms. The zero-order chi connectivity index (χ0) is 2.71. The number of hydrogen-bond donors (Lipinski definition) is 0. The summed E-state index contributed by atoms with van der Waals surface area (Å²) in [7, 11) is 3.50. The van der Waals surface area contributed by atoms with Crippen LogP contribution in [0.2, 0.25) is 0 Å². The maximum Gasteiger partial charge on any atom is 0 e. The van der Waals surface area contributed by atoms with E-state index in [1.807, 2.05) is 0 Å². The molecule has 0 bridgehead atoms. The molecule has 0 rings (SSSR count). The summed E-state index contributed by atoms with van der Waals surface area (Å²) in [6.07, 6.45) is 0. The van der Waals surface area contributed by atoms with Crippen LogP contribution in [0.3, 0.4) is 0 Å². The SMILES string of the molecule is C.C[N-]C.[CH3-].[Y]. The van der Waals surface area contributed by atoms with E-state index < -0.39 is 0 Å². The summed E-state index contributed by atoms with van der Waals surface area (Å²) in [5.41, 5.74) is 0. The average Bonchev–Trinajstić information content (AvgIpc) is 0.918. The van der Waals surface area contributed by atoms with Gasteiger partial charge in [-0.3, -0.25) is 0 Å². The van der Waals surface area contributed by atoms with Crippen LogP contribution in [0.4, 0.5) is 0 Å². The van der Waals surface area contributed by atoms with Crippen molar-refractivity contribution in [2.45, 2.75) is 7.43 Å². The zero-order valence-electron chi connectivity index (χ0n) is 4.02. The molecule has 0 unspecified atom stereocenters. The van der Waals surface area contributed by atoms with Crippen LogP contribution >= 0.6 is 0 Å². The molecule has 0 amide bonds. The van der Waals surface area contributed by atoms with E-state index >= 15 is 0 Å². The van der Waals surface area contributed by atoms with Gasteiger partial charge in [-0.1, -0.05) is 7.43 Å². The van der Waals surface area contributed by atoms with E-state index in [1.165, 1.54) is 0 Å². The Morgan fingerprint density at radius 3 is 1.17 bits per heavy atom. The van der Waals surface area contributed by atoms with Gasteiger partial charge in [0.2, 0.25) is 0 Å². The molecule has 0 atom stereocenters. The maximum absolute atomic E-state index is 3.50. The van der Waals surface area contributed by atoms with Crippen LogP contribution in [0.1, 0.15) is 7.43 Å². The third-order valence-electron chi connectivity index (χ3n) is 0. The predicted octanol–water partition coefficient (Wildman–Crippen LogP) is 1.70. The minimum Gasteiger partial charge on any atom is -0.668 e. The zero-order valence-corrected chi connectivity index (χ0v) is 6.86. The van der Waals surface area contributed by atoms with Crippen molar-refractivity contribution in [1.82, 2.24) is 0 Å². The third-order valence-corrected chi connectivity index (χ3v) is 0. The molecule has 2 heteroatoms. The Labute approximate surface area is 66.8 Å². The Hall–Kier alpha value is 1.06. The van der Waals surface area contributed by atoms with Crippen molar-refractivity contribution in [3.8, 4) is 0 Å². The van der Waals surface area contributed by atoms with Crippen molar-refractivity contribution in [1.29, 1.82) is 0 Å². The van der Waals surface area contributed by atoms with E-state index in [0.717, 1.165) is 0 Å². The molecule has 0 heterocycles. The Balaban J connectivity index is -0.00000000667. The van der Waals surface area contributed by atoms with Crippen molar-refractivity contribution in [2.24, 2.45) is 0 Å². The first kappa shape index (κ1) is 27.7. The number of rotatable bonds is 0. The maximum atomic E-state index is 3.50. The number of hydrogen-bond acceptors (Lipinski definition) is 0. The van der Waals surface area contributed by atoms with E-state index in [2.05, 4.69) is 5.32 Å². The third kappa shape index (κ3) is 73.9. The molecule has 0 fully saturated rings. The average molecular weight is 164 g/mol. The summed E-state index contributed by atoms with van der Waals surface area (Å²) in [5.74, 6) is 0. The van der Waals surface area contributed by atoms with Gasteiger partial charge < -0.3 is 12.7 Å². The van der Waals surface area contributed by atoms with Gasteiger partial charge >= 0.3 is 0 Å². The van der Waals surface area contributed by atoms with E-state index in [1.54, 1.807) is 14.1 Å². The second-order valence-corrected chi connectivity index (χ2v) is 0.447. The van der Waals surface area contributed by atoms with Crippen molar-refractivity contribution in [3.63, 3.8) is 0 Å². The monoisotopic (exact) mass is 164 g/mol. The van der Waals surface area contributed by atoms with Crippen LogP contribution in [-0.4, -0.2) is 14.1 Å². The Morgan fingerprint density at radius 2 is 1.17 bits per heavy atom. The van der Waals surface area contributed by atoms with Crippen LogP contribution in [0.5, 0.6) is 0 Å². The summed E-state index contributed by atoms with van der Waals surface area (Å²) in [5, 5.41) is 3.50. The van der Waals surface area contributed by atoms with Gasteiger partial charge in [-0.25, -0.2) is 0 Å². The van der Waals surface area contributed by atoms with Gasteiger partial charge in [0.05, 0.1) is 0 Å². The van der Waals surface area contributed by atoms with Gasteiger partial charge in [-0.05, 0) is 0 Å². The van der Waals surface area contributed by atoms with Crippen LogP contribution in [-0.2, 0) is 32.7 Å². The fourth-order valence-corrected chi connectivity index (χ4v) is 0. The van der Waals surface area contributed by atoms with Gasteiger partial charge in [0.15, 0.2) is 0 Å². The van der Waals surface area contributed by atoms with E-state index in [0.29, 0.717) is 0 Å². The van der Waals surface area contributed by atoms with Gasteiger partial charge in [-0.2, -0.15) is 14.1 Å². The fourth-order valence-electron chi connectivity index (χ4n) is 0. The molecule has 0 aliphatic heterocycles. The molecular weight excluding hydrogens is 151 g/mol. The van der Waals surface area contributed by atoms with Gasteiger partial charge in [0, 0.05) is 32.7 Å². The topological polar surface area (TPSA) is 14.1 Å². The molecule has 1 radical (unpaired) electrons. The molecule has 6 heavy (non-hydrogen) atoms. The normalized spacial score (nSPS) is 3.00. The van der Waals surface area contributed by atoms with Gasteiger partial charge in [0.1, 0.15) is 0 Å². The second-order valence-electron chi connectivity index (χ2n) is 0.447. The quantitative estimate of drug-likeness (QED) is 0.484. The minimum atomic E-state index is 0. The summed E-state index contributed by atoms with van der Waals surface area (Å²) < 4.78 is 0.